The van der Waals surface area contributed by atoms with E-state index in [-0.39, 0.29) is 5.54 Å². The van der Waals surface area contributed by atoms with E-state index in [0.717, 1.165) is 16.6 Å². The predicted octanol–water partition coefficient (Wildman–Crippen LogP) is 1.75. The Kier molecular flexibility index (Phi) is 2.07. The van der Waals surface area contributed by atoms with Gasteiger partial charge < -0.3 is 0 Å². The number of thioether (sulfide) groups is 1. The molecule has 0 fully saturated rings. The van der Waals surface area contributed by atoms with Gasteiger partial charge in [-0.3, -0.25) is 4.99 Å². The average Bonchev–Trinajstić information content (AvgIpc) is 2.48. The Bertz CT molecular complexity index is 332. The zero-order valence-electron chi connectivity index (χ0n) is 7.69. The van der Waals surface area contributed by atoms with Gasteiger partial charge in [-0.15, -0.1) is 11.8 Å². The summed E-state index contributed by atoms with van der Waals surface area (Å²) in [6.45, 7) is 4.24. The van der Waals surface area contributed by atoms with Gasteiger partial charge in [0.15, 0.2) is 5.82 Å². The molecule has 4 heteroatoms. The lowest BCUT2D eigenvalue weighted by molar-refractivity contribution is 0.605. The van der Waals surface area contributed by atoms with Crippen molar-refractivity contribution in [2.75, 3.05) is 5.75 Å². The molecule has 0 aromatic carbocycles. The molecule has 0 saturated heterocycles. The van der Waals surface area contributed by atoms with Crippen LogP contribution in [0.4, 0.5) is 0 Å². The second kappa shape index (κ2) is 3.10. The Hall–Kier alpha value is -0.900. The van der Waals surface area contributed by atoms with Crippen LogP contribution in [-0.4, -0.2) is 26.3 Å². The van der Waals surface area contributed by atoms with Crippen LogP contribution in [0, 0.1) is 0 Å². The van der Waals surface area contributed by atoms with E-state index in [0.29, 0.717) is 0 Å². The summed E-state index contributed by atoms with van der Waals surface area (Å²) in [5.41, 5.74) is 0.0409. The second-order valence-electron chi connectivity index (χ2n) is 3.59. The third kappa shape index (κ3) is 1.88. The molecule has 0 saturated carbocycles. The largest absolute Gasteiger partial charge is 0.268 e. The Morgan fingerprint density at radius 1 is 1.31 bits per heavy atom. The summed E-state index contributed by atoms with van der Waals surface area (Å²) in [6.07, 6.45) is 3.49. The lowest BCUT2D eigenvalue weighted by Crippen LogP contribution is -2.15. The highest BCUT2D eigenvalue weighted by molar-refractivity contribution is 8.14. The topological polar surface area (TPSA) is 38.1 Å². The number of aromatic nitrogens is 2. The summed E-state index contributed by atoms with van der Waals surface area (Å²) < 4.78 is 0. The fourth-order valence-electron chi connectivity index (χ4n) is 1.11. The highest BCUT2D eigenvalue weighted by Gasteiger charge is 2.26. The van der Waals surface area contributed by atoms with E-state index in [1.165, 1.54) is 0 Å². The molecule has 0 spiro atoms. The van der Waals surface area contributed by atoms with Crippen LogP contribution < -0.4 is 0 Å². The van der Waals surface area contributed by atoms with Gasteiger partial charge in [-0.25, -0.2) is 9.97 Å². The number of aliphatic imine (C=N–C) groups is 1. The average molecular weight is 193 g/mol. The fourth-order valence-corrected chi connectivity index (χ4v) is 2.21. The number of hydrogen-bond acceptors (Lipinski definition) is 4. The Balaban J connectivity index is 2.30. The van der Waals surface area contributed by atoms with Gasteiger partial charge in [0.1, 0.15) is 5.04 Å². The highest BCUT2D eigenvalue weighted by Crippen LogP contribution is 2.28. The highest BCUT2D eigenvalue weighted by atomic mass is 32.2. The SMILES string of the molecule is CC1(C)CSC(c2ncccn2)=N1. The maximum Gasteiger partial charge on any atom is 0.184 e. The Morgan fingerprint density at radius 3 is 2.54 bits per heavy atom. The van der Waals surface area contributed by atoms with Crippen LogP contribution in [-0.2, 0) is 0 Å². The lowest BCUT2D eigenvalue weighted by atomic mass is 10.1. The van der Waals surface area contributed by atoms with E-state index >= 15 is 0 Å². The van der Waals surface area contributed by atoms with Crippen molar-refractivity contribution >= 4 is 16.8 Å². The number of hydrogen-bond donors (Lipinski definition) is 0. The van der Waals surface area contributed by atoms with E-state index in [1.54, 1.807) is 24.2 Å². The van der Waals surface area contributed by atoms with Gasteiger partial charge in [0.05, 0.1) is 5.54 Å². The molecule has 1 aromatic rings. The van der Waals surface area contributed by atoms with Gasteiger partial charge in [0.2, 0.25) is 0 Å². The van der Waals surface area contributed by atoms with Crippen LogP contribution in [0.1, 0.15) is 19.7 Å². The van der Waals surface area contributed by atoms with Crippen molar-refractivity contribution in [1.29, 1.82) is 0 Å². The Morgan fingerprint density at radius 2 is 2.00 bits per heavy atom. The van der Waals surface area contributed by atoms with Crippen LogP contribution in [0.5, 0.6) is 0 Å². The third-order valence-corrected chi connectivity index (χ3v) is 3.12. The quantitative estimate of drug-likeness (QED) is 0.682. The molecule has 2 rings (SSSR count). The molecule has 1 aliphatic heterocycles. The van der Waals surface area contributed by atoms with E-state index < -0.39 is 0 Å². The second-order valence-corrected chi connectivity index (χ2v) is 4.55. The van der Waals surface area contributed by atoms with Crippen molar-refractivity contribution in [2.24, 2.45) is 4.99 Å². The van der Waals surface area contributed by atoms with Crippen LogP contribution in [0.15, 0.2) is 23.5 Å². The van der Waals surface area contributed by atoms with Crippen molar-refractivity contribution in [2.45, 2.75) is 19.4 Å². The molecular weight excluding hydrogens is 182 g/mol. The van der Waals surface area contributed by atoms with E-state index in [1.807, 2.05) is 6.07 Å². The molecule has 0 amide bonds. The first-order valence-electron chi connectivity index (χ1n) is 4.17. The maximum atomic E-state index is 4.55. The fraction of sp³-hybridized carbons (Fsp3) is 0.444. The van der Waals surface area contributed by atoms with Gasteiger partial charge in [-0.1, -0.05) is 0 Å². The van der Waals surface area contributed by atoms with E-state index in [4.69, 9.17) is 0 Å². The van der Waals surface area contributed by atoms with Crippen molar-refractivity contribution in [1.82, 2.24) is 9.97 Å². The minimum Gasteiger partial charge on any atom is -0.268 e. The minimum atomic E-state index is 0.0409. The molecule has 1 aliphatic rings. The summed E-state index contributed by atoms with van der Waals surface area (Å²) in [5.74, 6) is 1.76. The maximum absolute atomic E-state index is 4.55. The molecule has 0 atom stereocenters. The van der Waals surface area contributed by atoms with E-state index in [2.05, 4.69) is 28.8 Å². The van der Waals surface area contributed by atoms with Gasteiger partial charge in [-0.05, 0) is 19.9 Å². The monoisotopic (exact) mass is 193 g/mol. The standard InChI is InChI=1S/C9H11N3S/c1-9(2)6-13-8(12-9)7-10-4-3-5-11-7/h3-5H,6H2,1-2H3. The van der Waals surface area contributed by atoms with Crippen LogP contribution in [0.2, 0.25) is 0 Å². The molecule has 1 aromatic heterocycles. The molecule has 3 nitrogen and oxygen atoms in total. The summed E-state index contributed by atoms with van der Waals surface area (Å²) >= 11 is 1.73. The molecule has 0 N–H and O–H groups in total. The van der Waals surface area contributed by atoms with Crippen LogP contribution >= 0.6 is 11.8 Å². The molecule has 0 unspecified atom stereocenters. The first-order valence-corrected chi connectivity index (χ1v) is 5.16. The first-order chi connectivity index (χ1) is 6.17. The first kappa shape index (κ1) is 8.69. The zero-order chi connectivity index (χ0) is 9.31. The van der Waals surface area contributed by atoms with Crippen LogP contribution in [0.25, 0.3) is 0 Å². The third-order valence-electron chi connectivity index (χ3n) is 1.72. The summed E-state index contributed by atoms with van der Waals surface area (Å²) in [7, 11) is 0. The molecule has 13 heavy (non-hydrogen) atoms. The molecule has 68 valence electrons. The van der Waals surface area contributed by atoms with E-state index in [9.17, 15) is 0 Å². The van der Waals surface area contributed by atoms with Gasteiger partial charge in [-0.2, -0.15) is 0 Å². The van der Waals surface area contributed by atoms with Gasteiger partial charge >= 0.3 is 0 Å². The van der Waals surface area contributed by atoms with Gasteiger partial charge in [0, 0.05) is 18.1 Å². The van der Waals surface area contributed by atoms with Crippen molar-refractivity contribution in [3.8, 4) is 0 Å². The lowest BCUT2D eigenvalue weighted by Gasteiger charge is -2.09. The van der Waals surface area contributed by atoms with Crippen molar-refractivity contribution in [3.63, 3.8) is 0 Å². The molecule has 0 aliphatic carbocycles. The summed E-state index contributed by atoms with van der Waals surface area (Å²) in [6, 6.07) is 1.81. The predicted molar refractivity (Wildman–Crippen MR) is 55.1 cm³/mol. The number of nitrogens with zero attached hydrogens (tertiary/aromatic N) is 3. The van der Waals surface area contributed by atoms with Crippen LogP contribution in [0.3, 0.4) is 0 Å². The molecular formula is C9H11N3S. The zero-order valence-corrected chi connectivity index (χ0v) is 8.51. The Labute approximate surface area is 81.7 Å². The van der Waals surface area contributed by atoms with Gasteiger partial charge in [0.25, 0.3) is 0 Å². The summed E-state index contributed by atoms with van der Waals surface area (Å²) in [5, 5.41) is 0.964. The van der Waals surface area contributed by atoms with Crippen molar-refractivity contribution in [3.05, 3.63) is 24.3 Å². The molecule has 2 heterocycles. The summed E-state index contributed by atoms with van der Waals surface area (Å²) in [4.78, 5) is 12.9. The number of rotatable bonds is 1. The molecule has 0 radical (unpaired) electrons. The minimum absolute atomic E-state index is 0.0409. The van der Waals surface area contributed by atoms with Crippen molar-refractivity contribution < 1.29 is 0 Å². The smallest absolute Gasteiger partial charge is 0.184 e. The normalized spacial score (nSPS) is 20.0. The molecule has 0 bridgehead atoms.